The molecule has 0 N–H and O–H groups in total. The molecule has 6 nitrogen and oxygen atoms in total. The standard InChI is InChI=1S/C26H20ClF3N6/c1-15-4-8-17(9-5-15)23-22(27)24(18-10-6-16(2)7-11-18)36(34-23)25-32-20(19-13-31-35(3)14-19)12-21(33-25)26(28,29)30/h4-14H,1-3H3. The van der Waals surface area contributed by atoms with Crippen LogP contribution in [0.4, 0.5) is 13.2 Å². The van der Waals surface area contributed by atoms with Crippen LogP contribution in [-0.2, 0) is 13.2 Å². The van der Waals surface area contributed by atoms with Crippen molar-refractivity contribution in [3.8, 4) is 39.7 Å². The van der Waals surface area contributed by atoms with Gasteiger partial charge in [0, 0.05) is 29.9 Å². The Bertz CT molecular complexity index is 1550. The van der Waals surface area contributed by atoms with E-state index in [-0.39, 0.29) is 16.7 Å². The van der Waals surface area contributed by atoms with Crippen LogP contribution in [0, 0.1) is 13.8 Å². The van der Waals surface area contributed by atoms with Crippen LogP contribution in [0.25, 0.3) is 39.7 Å². The molecule has 0 spiro atoms. The van der Waals surface area contributed by atoms with Gasteiger partial charge in [-0.1, -0.05) is 71.3 Å². The number of hydrogen-bond donors (Lipinski definition) is 0. The second kappa shape index (κ2) is 8.91. The number of aryl methyl sites for hydroxylation is 3. The summed E-state index contributed by atoms with van der Waals surface area (Å²) in [5.74, 6) is -0.250. The molecule has 36 heavy (non-hydrogen) atoms. The van der Waals surface area contributed by atoms with E-state index < -0.39 is 11.9 Å². The molecule has 0 aliphatic carbocycles. The van der Waals surface area contributed by atoms with Gasteiger partial charge in [0.25, 0.3) is 5.95 Å². The highest BCUT2D eigenvalue weighted by Gasteiger charge is 2.35. The summed E-state index contributed by atoms with van der Waals surface area (Å²) < 4.78 is 44.4. The molecular weight excluding hydrogens is 489 g/mol. The summed E-state index contributed by atoms with van der Waals surface area (Å²) in [6.45, 7) is 3.90. The zero-order chi connectivity index (χ0) is 25.6. The minimum atomic E-state index is -4.70. The quantitative estimate of drug-likeness (QED) is 0.271. The molecule has 3 heterocycles. The van der Waals surface area contributed by atoms with Crippen LogP contribution >= 0.6 is 11.6 Å². The molecule has 2 aromatic carbocycles. The van der Waals surface area contributed by atoms with Gasteiger partial charge < -0.3 is 0 Å². The first kappa shape index (κ1) is 23.7. The Hall–Kier alpha value is -3.98. The van der Waals surface area contributed by atoms with Crippen molar-refractivity contribution >= 4 is 11.6 Å². The molecular formula is C26H20ClF3N6. The van der Waals surface area contributed by atoms with Gasteiger partial charge in [-0.3, -0.25) is 4.68 Å². The highest BCUT2D eigenvalue weighted by atomic mass is 35.5. The third kappa shape index (κ3) is 4.49. The van der Waals surface area contributed by atoms with Gasteiger partial charge in [0.15, 0.2) is 5.69 Å². The van der Waals surface area contributed by atoms with Crippen LogP contribution in [0.2, 0.25) is 5.02 Å². The monoisotopic (exact) mass is 508 g/mol. The number of aromatic nitrogens is 6. The average molecular weight is 509 g/mol. The zero-order valence-electron chi connectivity index (χ0n) is 19.5. The molecule has 0 saturated carbocycles. The summed E-state index contributed by atoms with van der Waals surface area (Å²) in [7, 11) is 1.67. The van der Waals surface area contributed by atoms with Crippen molar-refractivity contribution in [1.29, 1.82) is 0 Å². The van der Waals surface area contributed by atoms with Crippen LogP contribution < -0.4 is 0 Å². The normalized spacial score (nSPS) is 11.8. The molecule has 0 aliphatic rings. The van der Waals surface area contributed by atoms with Crippen molar-refractivity contribution in [3.05, 3.63) is 88.8 Å². The second-order valence-electron chi connectivity index (χ2n) is 8.49. The molecule has 0 unspecified atom stereocenters. The molecule has 0 aliphatic heterocycles. The number of benzene rings is 2. The minimum absolute atomic E-state index is 0.0683. The van der Waals surface area contributed by atoms with E-state index in [1.54, 1.807) is 13.2 Å². The van der Waals surface area contributed by atoms with Gasteiger partial charge >= 0.3 is 6.18 Å². The lowest BCUT2D eigenvalue weighted by atomic mass is 10.1. The van der Waals surface area contributed by atoms with E-state index in [0.29, 0.717) is 22.5 Å². The van der Waals surface area contributed by atoms with Crippen LogP contribution in [0.3, 0.4) is 0 Å². The first-order valence-electron chi connectivity index (χ1n) is 11.0. The van der Waals surface area contributed by atoms with Crippen molar-refractivity contribution < 1.29 is 13.2 Å². The van der Waals surface area contributed by atoms with Crippen molar-refractivity contribution in [3.63, 3.8) is 0 Å². The third-order valence-corrected chi connectivity index (χ3v) is 6.03. The van der Waals surface area contributed by atoms with Crippen LogP contribution in [0.15, 0.2) is 67.0 Å². The van der Waals surface area contributed by atoms with Crippen molar-refractivity contribution in [1.82, 2.24) is 29.5 Å². The Morgan fingerprint density at radius 2 is 1.44 bits per heavy atom. The Labute approximate surface area is 210 Å². The summed E-state index contributed by atoms with van der Waals surface area (Å²) in [5.41, 5.74) is 3.66. The van der Waals surface area contributed by atoms with Crippen molar-refractivity contribution in [2.24, 2.45) is 7.05 Å². The van der Waals surface area contributed by atoms with Crippen LogP contribution in [0.5, 0.6) is 0 Å². The van der Waals surface area contributed by atoms with Gasteiger partial charge in [0.05, 0.1) is 22.6 Å². The zero-order valence-corrected chi connectivity index (χ0v) is 20.3. The highest BCUT2D eigenvalue weighted by molar-refractivity contribution is 6.35. The Morgan fingerprint density at radius 1 is 0.833 bits per heavy atom. The highest BCUT2D eigenvalue weighted by Crippen LogP contribution is 2.38. The summed E-state index contributed by atoms with van der Waals surface area (Å²) in [4.78, 5) is 8.30. The lowest BCUT2D eigenvalue weighted by molar-refractivity contribution is -0.141. The fourth-order valence-electron chi connectivity index (χ4n) is 3.78. The molecule has 5 rings (SSSR count). The largest absolute Gasteiger partial charge is 0.433 e. The number of halogens is 4. The fraction of sp³-hybridized carbons (Fsp3) is 0.154. The first-order chi connectivity index (χ1) is 17.1. The van der Waals surface area contributed by atoms with Crippen molar-refractivity contribution in [2.45, 2.75) is 20.0 Å². The predicted octanol–water partition coefficient (Wildman–Crippen LogP) is 6.69. The number of nitrogens with zero attached hydrogens (tertiary/aromatic N) is 6. The number of rotatable bonds is 4. The maximum Gasteiger partial charge on any atom is 0.433 e. The molecule has 0 atom stereocenters. The number of hydrogen-bond acceptors (Lipinski definition) is 4. The minimum Gasteiger partial charge on any atom is -0.275 e. The Kier molecular flexibility index (Phi) is 5.88. The van der Waals surface area contributed by atoms with E-state index in [1.807, 2.05) is 62.4 Å². The lowest BCUT2D eigenvalue weighted by Gasteiger charge is -2.12. The van der Waals surface area contributed by atoms with E-state index >= 15 is 0 Å². The van der Waals surface area contributed by atoms with E-state index in [2.05, 4.69) is 20.2 Å². The van der Waals surface area contributed by atoms with Gasteiger partial charge in [0.2, 0.25) is 0 Å². The summed E-state index contributed by atoms with van der Waals surface area (Å²) in [5, 5.41) is 8.95. The van der Waals surface area contributed by atoms with Gasteiger partial charge in [-0.15, -0.1) is 0 Å². The van der Waals surface area contributed by atoms with Gasteiger partial charge in [-0.25, -0.2) is 9.97 Å². The van der Waals surface area contributed by atoms with E-state index in [0.717, 1.165) is 22.8 Å². The summed E-state index contributed by atoms with van der Waals surface area (Å²) in [6.07, 6.45) is -1.67. The SMILES string of the molecule is Cc1ccc(-c2nn(-c3nc(-c4cnn(C)c4)cc(C(F)(F)F)n3)c(-c3ccc(C)cc3)c2Cl)cc1. The number of alkyl halides is 3. The average Bonchev–Trinajstić information content (AvgIpc) is 3.43. The molecule has 0 bridgehead atoms. The Morgan fingerprint density at radius 3 is 2.00 bits per heavy atom. The fourth-order valence-corrected chi connectivity index (χ4v) is 4.11. The van der Waals surface area contributed by atoms with Gasteiger partial charge in [-0.2, -0.15) is 28.1 Å². The van der Waals surface area contributed by atoms with E-state index in [1.165, 1.54) is 15.6 Å². The van der Waals surface area contributed by atoms with Gasteiger partial charge in [0.1, 0.15) is 5.69 Å². The topological polar surface area (TPSA) is 61.4 Å². The molecule has 0 radical (unpaired) electrons. The summed E-state index contributed by atoms with van der Waals surface area (Å²) in [6, 6.07) is 15.9. The molecule has 0 saturated heterocycles. The molecule has 0 fully saturated rings. The maximum atomic E-state index is 13.9. The first-order valence-corrected chi connectivity index (χ1v) is 11.4. The van der Waals surface area contributed by atoms with Crippen molar-refractivity contribution in [2.75, 3.05) is 0 Å². The molecule has 0 amide bonds. The van der Waals surface area contributed by atoms with Gasteiger partial charge in [-0.05, 0) is 19.9 Å². The molecule has 5 aromatic rings. The third-order valence-electron chi connectivity index (χ3n) is 5.67. The Balaban J connectivity index is 1.79. The van der Waals surface area contributed by atoms with E-state index in [9.17, 15) is 13.2 Å². The smallest absolute Gasteiger partial charge is 0.275 e. The molecule has 3 aromatic heterocycles. The summed E-state index contributed by atoms with van der Waals surface area (Å²) >= 11 is 6.84. The molecule has 10 heteroatoms. The second-order valence-corrected chi connectivity index (χ2v) is 8.87. The lowest BCUT2D eigenvalue weighted by Crippen LogP contribution is -2.14. The maximum absolute atomic E-state index is 13.9. The van der Waals surface area contributed by atoms with E-state index in [4.69, 9.17) is 11.6 Å². The predicted molar refractivity (Wildman–Crippen MR) is 132 cm³/mol. The van der Waals surface area contributed by atoms with Crippen LogP contribution in [-0.4, -0.2) is 29.5 Å². The van der Waals surface area contributed by atoms with Crippen LogP contribution in [0.1, 0.15) is 16.8 Å². The molecule has 182 valence electrons.